The number of fused-ring (bicyclic) bond motifs is 1. The van der Waals surface area contributed by atoms with Gasteiger partial charge in [-0.3, -0.25) is 4.79 Å². The van der Waals surface area contributed by atoms with Crippen molar-refractivity contribution < 1.29 is 9.53 Å². The molecule has 1 aromatic carbocycles. The van der Waals surface area contributed by atoms with E-state index in [0.717, 1.165) is 52.5 Å². The normalized spacial score (nSPS) is 11.5. The van der Waals surface area contributed by atoms with Crippen molar-refractivity contribution in [2.24, 2.45) is 5.92 Å². The third kappa shape index (κ3) is 3.76. The minimum atomic E-state index is -0.100. The summed E-state index contributed by atoms with van der Waals surface area (Å²) >= 11 is 0. The van der Waals surface area contributed by atoms with E-state index >= 15 is 0 Å². The van der Waals surface area contributed by atoms with Gasteiger partial charge >= 0.3 is 0 Å². The monoisotopic (exact) mass is 368 g/mol. The number of ether oxygens (including phenoxy) is 1. The quantitative estimate of drug-likeness (QED) is 0.612. The van der Waals surface area contributed by atoms with Gasteiger partial charge in [0.2, 0.25) is 5.91 Å². The average Bonchev–Trinajstić information content (AvgIpc) is 3.16. The van der Waals surface area contributed by atoms with Gasteiger partial charge in [-0.1, -0.05) is 26.0 Å². The maximum Gasteiger partial charge on any atom is 0.228 e. The van der Waals surface area contributed by atoms with Crippen molar-refractivity contribution in [3.63, 3.8) is 0 Å². The van der Waals surface area contributed by atoms with Gasteiger partial charge in [-0.05, 0) is 38.0 Å². The van der Waals surface area contributed by atoms with E-state index in [-0.39, 0.29) is 11.8 Å². The molecule has 0 unspecified atom stereocenters. The van der Waals surface area contributed by atoms with Gasteiger partial charge in [0.15, 0.2) is 0 Å². The lowest BCUT2D eigenvalue weighted by Crippen LogP contribution is -2.21. The van der Waals surface area contributed by atoms with Gasteiger partial charge in [-0.2, -0.15) is 0 Å². The smallest absolute Gasteiger partial charge is 0.228 e. The molecule has 3 aromatic rings. The lowest BCUT2D eigenvalue weighted by Gasteiger charge is -2.15. The minimum Gasteiger partial charge on any atom is -0.385 e. The molecular formula is C21H28N4O2. The van der Waals surface area contributed by atoms with Crippen LogP contribution in [0.15, 0.2) is 24.3 Å². The highest BCUT2D eigenvalue weighted by Gasteiger charge is 2.23. The van der Waals surface area contributed by atoms with E-state index in [9.17, 15) is 4.79 Å². The van der Waals surface area contributed by atoms with Crippen molar-refractivity contribution >= 4 is 22.8 Å². The van der Waals surface area contributed by atoms with Crippen molar-refractivity contribution in [3.8, 4) is 11.4 Å². The van der Waals surface area contributed by atoms with E-state index in [4.69, 9.17) is 9.72 Å². The van der Waals surface area contributed by atoms with Crippen LogP contribution < -0.4 is 5.32 Å². The van der Waals surface area contributed by atoms with Gasteiger partial charge in [0, 0.05) is 31.9 Å². The second-order valence-corrected chi connectivity index (χ2v) is 7.18. The van der Waals surface area contributed by atoms with Crippen LogP contribution in [0.1, 0.15) is 31.5 Å². The number of hydrogen-bond acceptors (Lipinski definition) is 3. The molecule has 144 valence electrons. The fraction of sp³-hybridized carbons (Fsp3) is 0.429. The Kier molecular flexibility index (Phi) is 5.65. The highest BCUT2D eigenvalue weighted by molar-refractivity contribution is 5.96. The number of hydrogen-bond donors (Lipinski definition) is 2. The Balaban J connectivity index is 2.12. The molecule has 0 saturated carbocycles. The molecule has 0 aliphatic rings. The Morgan fingerprint density at radius 2 is 2.04 bits per heavy atom. The third-order valence-electron chi connectivity index (χ3n) is 4.95. The molecule has 1 amide bonds. The Labute approximate surface area is 159 Å². The number of nitrogens with zero attached hydrogens (tertiary/aromatic N) is 2. The number of nitrogens with one attached hydrogen (secondary N) is 2. The molecule has 0 spiro atoms. The van der Waals surface area contributed by atoms with Crippen molar-refractivity contribution in [2.45, 2.75) is 40.7 Å². The molecular weight excluding hydrogens is 340 g/mol. The zero-order valence-corrected chi connectivity index (χ0v) is 16.7. The molecule has 0 bridgehead atoms. The predicted molar refractivity (Wildman–Crippen MR) is 109 cm³/mol. The van der Waals surface area contributed by atoms with Gasteiger partial charge in [0.05, 0.1) is 16.6 Å². The number of benzene rings is 1. The first kappa shape index (κ1) is 19.2. The number of rotatable bonds is 7. The fourth-order valence-corrected chi connectivity index (χ4v) is 3.26. The van der Waals surface area contributed by atoms with Crippen LogP contribution in [-0.2, 0) is 16.1 Å². The zero-order chi connectivity index (χ0) is 19.6. The molecule has 2 aromatic heterocycles. The van der Waals surface area contributed by atoms with Crippen LogP contribution in [0.5, 0.6) is 0 Å². The Bertz CT molecular complexity index is 920. The van der Waals surface area contributed by atoms with Crippen molar-refractivity contribution in [2.75, 3.05) is 19.0 Å². The molecule has 6 nitrogen and oxygen atoms in total. The van der Waals surface area contributed by atoms with Crippen LogP contribution in [0.2, 0.25) is 0 Å². The van der Waals surface area contributed by atoms with Gasteiger partial charge in [0.25, 0.3) is 0 Å². The van der Waals surface area contributed by atoms with Crippen molar-refractivity contribution in [1.82, 2.24) is 14.5 Å². The van der Waals surface area contributed by atoms with Crippen molar-refractivity contribution in [3.05, 3.63) is 35.5 Å². The summed E-state index contributed by atoms with van der Waals surface area (Å²) in [5.41, 5.74) is 5.09. The number of carbonyl (C=O) groups is 1. The summed E-state index contributed by atoms with van der Waals surface area (Å²) < 4.78 is 7.37. The third-order valence-corrected chi connectivity index (χ3v) is 4.95. The molecule has 0 saturated heterocycles. The first-order chi connectivity index (χ1) is 12.9. The Hall–Kier alpha value is -2.60. The number of para-hydroxylation sites is 2. The van der Waals surface area contributed by atoms with E-state index in [1.165, 1.54) is 0 Å². The molecule has 2 N–H and O–H groups in total. The molecule has 0 aliphatic heterocycles. The summed E-state index contributed by atoms with van der Waals surface area (Å²) in [4.78, 5) is 20.7. The maximum atomic E-state index is 12.5. The van der Waals surface area contributed by atoms with Crippen molar-refractivity contribution in [1.29, 1.82) is 0 Å². The second-order valence-electron chi connectivity index (χ2n) is 7.18. The summed E-state index contributed by atoms with van der Waals surface area (Å²) in [6.45, 7) is 9.40. The van der Waals surface area contributed by atoms with Gasteiger partial charge < -0.3 is 19.6 Å². The number of aromatic nitrogens is 3. The fourth-order valence-electron chi connectivity index (χ4n) is 3.26. The van der Waals surface area contributed by atoms with Crippen LogP contribution in [0, 0.1) is 19.8 Å². The molecule has 0 radical (unpaired) electrons. The number of imidazole rings is 1. The number of methoxy groups -OCH3 is 1. The number of aromatic amines is 1. The number of H-pyrrole nitrogens is 1. The minimum absolute atomic E-state index is 0.00199. The first-order valence-corrected chi connectivity index (χ1v) is 9.38. The van der Waals surface area contributed by atoms with Crippen LogP contribution in [0.3, 0.4) is 0 Å². The highest BCUT2D eigenvalue weighted by Crippen LogP contribution is 2.36. The summed E-state index contributed by atoms with van der Waals surface area (Å²) in [6, 6.07) is 7.96. The predicted octanol–water partition coefficient (Wildman–Crippen LogP) is 4.28. The summed E-state index contributed by atoms with van der Waals surface area (Å²) in [5.74, 6) is 1.48. The highest BCUT2D eigenvalue weighted by atomic mass is 16.5. The van der Waals surface area contributed by atoms with Gasteiger partial charge in [-0.15, -0.1) is 0 Å². The molecule has 0 atom stereocenters. The SMILES string of the molecule is COCCCn1c(C)c(C)c(-c2nc3ccccc3[nH]2)c1NC(=O)C(C)C. The molecule has 2 heterocycles. The van der Waals surface area contributed by atoms with Gasteiger partial charge in [0.1, 0.15) is 11.6 Å². The average molecular weight is 368 g/mol. The standard InChI is InChI=1S/C21H28N4O2/c1-13(2)21(26)24-20-18(14(3)15(4)25(20)11-8-12-27-5)19-22-16-9-6-7-10-17(16)23-19/h6-7,9-10,13H,8,11-12H2,1-5H3,(H,22,23)(H,24,26). The first-order valence-electron chi connectivity index (χ1n) is 9.38. The summed E-state index contributed by atoms with van der Waals surface area (Å²) in [5, 5.41) is 3.13. The van der Waals surface area contributed by atoms with E-state index in [1.54, 1.807) is 7.11 Å². The molecule has 27 heavy (non-hydrogen) atoms. The maximum absolute atomic E-state index is 12.5. The van der Waals surface area contributed by atoms with Crippen LogP contribution >= 0.6 is 0 Å². The van der Waals surface area contributed by atoms with E-state index in [1.807, 2.05) is 38.1 Å². The number of amides is 1. The summed E-state index contributed by atoms with van der Waals surface area (Å²) in [6.07, 6.45) is 0.871. The van der Waals surface area contributed by atoms with Crippen LogP contribution in [0.25, 0.3) is 22.4 Å². The van der Waals surface area contributed by atoms with E-state index in [2.05, 4.69) is 28.7 Å². The van der Waals surface area contributed by atoms with Crippen LogP contribution in [-0.4, -0.2) is 34.2 Å². The summed E-state index contributed by atoms with van der Waals surface area (Å²) in [7, 11) is 1.70. The largest absolute Gasteiger partial charge is 0.385 e. The number of carbonyl (C=O) groups excluding carboxylic acids is 1. The lowest BCUT2D eigenvalue weighted by molar-refractivity contribution is -0.118. The topological polar surface area (TPSA) is 71.9 Å². The molecule has 0 aliphatic carbocycles. The zero-order valence-electron chi connectivity index (χ0n) is 16.7. The molecule has 3 rings (SSSR count). The molecule has 0 fully saturated rings. The Morgan fingerprint density at radius 1 is 1.30 bits per heavy atom. The van der Waals surface area contributed by atoms with Gasteiger partial charge in [-0.25, -0.2) is 4.98 Å². The van der Waals surface area contributed by atoms with E-state index in [0.29, 0.717) is 6.61 Å². The number of anilines is 1. The molecule has 6 heteroatoms. The lowest BCUT2D eigenvalue weighted by atomic mass is 10.1. The second kappa shape index (κ2) is 7.96. The Morgan fingerprint density at radius 3 is 2.70 bits per heavy atom. The van der Waals surface area contributed by atoms with Crippen LogP contribution in [0.4, 0.5) is 5.82 Å². The van der Waals surface area contributed by atoms with E-state index < -0.39 is 0 Å².